The molecule has 0 fully saturated rings. The van der Waals surface area contributed by atoms with E-state index in [-0.39, 0.29) is 17.9 Å². The third kappa shape index (κ3) is 5.72. The number of carbonyl (C=O) groups is 2. The molecule has 0 saturated carbocycles. The molecule has 0 bridgehead atoms. The van der Waals surface area contributed by atoms with Gasteiger partial charge in [0.1, 0.15) is 6.04 Å². The third-order valence-electron chi connectivity index (χ3n) is 3.60. The molecular formula is C17H26N2O2S. The largest absolute Gasteiger partial charge is 0.348 e. The molecule has 0 aromatic heterocycles. The minimum atomic E-state index is -0.466. The Kier molecular flexibility index (Phi) is 8.02. The normalized spacial score (nSPS) is 13.3. The van der Waals surface area contributed by atoms with Crippen LogP contribution in [0.4, 0.5) is 0 Å². The van der Waals surface area contributed by atoms with Crippen molar-refractivity contribution >= 4 is 23.6 Å². The Hall–Kier alpha value is -1.49. The van der Waals surface area contributed by atoms with Crippen molar-refractivity contribution in [3.8, 4) is 0 Å². The lowest BCUT2D eigenvalue weighted by Crippen LogP contribution is -2.47. The van der Waals surface area contributed by atoms with E-state index in [2.05, 4.69) is 10.6 Å². The first-order chi connectivity index (χ1) is 10.5. The Morgan fingerprint density at radius 2 is 1.91 bits per heavy atom. The van der Waals surface area contributed by atoms with Gasteiger partial charge in [-0.1, -0.05) is 31.2 Å². The van der Waals surface area contributed by atoms with Crippen molar-refractivity contribution in [1.82, 2.24) is 10.6 Å². The van der Waals surface area contributed by atoms with Crippen molar-refractivity contribution in [2.45, 2.75) is 45.7 Å². The first-order valence-corrected chi connectivity index (χ1v) is 9.03. The molecule has 22 heavy (non-hydrogen) atoms. The summed E-state index contributed by atoms with van der Waals surface area (Å²) in [6.45, 7) is 5.78. The minimum Gasteiger partial charge on any atom is -0.348 e. The maximum atomic E-state index is 12.5. The zero-order valence-corrected chi connectivity index (χ0v) is 14.6. The van der Waals surface area contributed by atoms with Crippen molar-refractivity contribution in [1.29, 1.82) is 0 Å². The summed E-state index contributed by atoms with van der Waals surface area (Å²) in [5.74, 6) is 0.622. The van der Waals surface area contributed by atoms with E-state index < -0.39 is 6.04 Å². The molecule has 1 rings (SSSR count). The fourth-order valence-corrected chi connectivity index (χ4v) is 2.74. The van der Waals surface area contributed by atoms with Crippen LogP contribution in [0.25, 0.3) is 0 Å². The molecule has 1 aromatic carbocycles. The highest BCUT2D eigenvalue weighted by molar-refractivity contribution is 7.98. The summed E-state index contributed by atoms with van der Waals surface area (Å²) >= 11 is 1.67. The first kappa shape index (κ1) is 18.6. The van der Waals surface area contributed by atoms with E-state index in [9.17, 15) is 9.59 Å². The summed E-state index contributed by atoms with van der Waals surface area (Å²) in [6, 6.07) is 7.45. The van der Waals surface area contributed by atoms with Crippen LogP contribution in [0.5, 0.6) is 0 Å². The number of aryl methyl sites for hydroxylation is 1. The summed E-state index contributed by atoms with van der Waals surface area (Å²) in [5, 5.41) is 5.82. The summed E-state index contributed by atoms with van der Waals surface area (Å²) in [5.41, 5.74) is 2.25. The van der Waals surface area contributed by atoms with Gasteiger partial charge in [-0.25, -0.2) is 0 Å². The summed E-state index contributed by atoms with van der Waals surface area (Å²) < 4.78 is 0. The van der Waals surface area contributed by atoms with Gasteiger partial charge in [-0.2, -0.15) is 11.8 Å². The van der Waals surface area contributed by atoms with Crippen molar-refractivity contribution in [2.75, 3.05) is 12.0 Å². The van der Waals surface area contributed by atoms with Crippen LogP contribution in [0, 0.1) is 6.92 Å². The van der Waals surface area contributed by atoms with Crippen molar-refractivity contribution in [2.24, 2.45) is 0 Å². The van der Waals surface area contributed by atoms with Crippen LogP contribution >= 0.6 is 11.8 Å². The van der Waals surface area contributed by atoms with Crippen LogP contribution < -0.4 is 10.6 Å². The molecule has 0 saturated heterocycles. The predicted octanol–water partition coefficient (Wildman–Crippen LogP) is 2.82. The molecule has 0 aliphatic carbocycles. The highest BCUT2D eigenvalue weighted by atomic mass is 32.2. The average molecular weight is 322 g/mol. The Balaban J connectivity index is 2.72. The van der Waals surface area contributed by atoms with E-state index in [1.54, 1.807) is 18.7 Å². The van der Waals surface area contributed by atoms with Gasteiger partial charge in [-0.05, 0) is 43.4 Å². The molecule has 122 valence electrons. The van der Waals surface area contributed by atoms with Gasteiger partial charge in [0, 0.05) is 6.42 Å². The van der Waals surface area contributed by atoms with Gasteiger partial charge >= 0.3 is 0 Å². The minimum absolute atomic E-state index is 0.0796. The monoisotopic (exact) mass is 322 g/mol. The number of amides is 2. The molecule has 2 atom stereocenters. The lowest BCUT2D eigenvalue weighted by molar-refractivity contribution is -0.129. The van der Waals surface area contributed by atoms with E-state index in [0.29, 0.717) is 12.8 Å². The number of benzene rings is 1. The number of thioether (sulfide) groups is 1. The van der Waals surface area contributed by atoms with Crippen molar-refractivity contribution < 1.29 is 9.59 Å². The molecule has 0 aliphatic rings. The average Bonchev–Trinajstić information content (AvgIpc) is 2.51. The lowest BCUT2D eigenvalue weighted by Gasteiger charge is -2.22. The van der Waals surface area contributed by atoms with Crippen LogP contribution in [-0.2, 0) is 9.59 Å². The van der Waals surface area contributed by atoms with Gasteiger partial charge in [0.15, 0.2) is 0 Å². The van der Waals surface area contributed by atoms with E-state index in [1.165, 1.54) is 0 Å². The van der Waals surface area contributed by atoms with Crippen LogP contribution in [0.1, 0.15) is 43.9 Å². The Morgan fingerprint density at radius 1 is 1.23 bits per heavy atom. The second kappa shape index (κ2) is 9.51. The number of hydrogen-bond acceptors (Lipinski definition) is 3. The summed E-state index contributed by atoms with van der Waals surface area (Å²) in [4.78, 5) is 24.1. The predicted molar refractivity (Wildman–Crippen MR) is 93.0 cm³/mol. The van der Waals surface area contributed by atoms with Crippen LogP contribution in [0.2, 0.25) is 0 Å². The van der Waals surface area contributed by atoms with Gasteiger partial charge in [0.25, 0.3) is 0 Å². The van der Waals surface area contributed by atoms with Crippen LogP contribution in [0.15, 0.2) is 24.3 Å². The Morgan fingerprint density at radius 3 is 2.50 bits per heavy atom. The molecule has 1 aromatic rings. The maximum Gasteiger partial charge on any atom is 0.243 e. The van der Waals surface area contributed by atoms with E-state index >= 15 is 0 Å². The topological polar surface area (TPSA) is 58.2 Å². The Labute approximate surface area is 137 Å². The molecule has 0 radical (unpaired) electrons. The maximum absolute atomic E-state index is 12.5. The molecular weight excluding hydrogens is 296 g/mol. The summed E-state index contributed by atoms with van der Waals surface area (Å²) in [7, 11) is 0. The standard InChI is InChI=1S/C17H26N2O2S/c1-5-16(20)19-15(10-11-22-4)17(21)18-13(3)14-9-7-6-8-12(14)2/h6-9,13,15H,5,10-11H2,1-4H3,(H,18,21)(H,19,20)/t13-,15-/m1/s1. The van der Waals surface area contributed by atoms with Crippen LogP contribution in [-0.4, -0.2) is 29.9 Å². The fourth-order valence-electron chi connectivity index (χ4n) is 2.27. The fraction of sp³-hybridized carbons (Fsp3) is 0.529. The molecule has 5 heteroatoms. The van der Waals surface area contributed by atoms with Crippen molar-refractivity contribution in [3.05, 3.63) is 35.4 Å². The SMILES string of the molecule is CCC(=O)N[C@H](CCSC)C(=O)N[C@H](C)c1ccccc1C. The second-order valence-corrected chi connectivity index (χ2v) is 6.33. The lowest BCUT2D eigenvalue weighted by atomic mass is 10.0. The zero-order chi connectivity index (χ0) is 16.5. The number of hydrogen-bond donors (Lipinski definition) is 2. The Bertz CT molecular complexity index is 505. The quantitative estimate of drug-likeness (QED) is 0.774. The molecule has 2 amide bonds. The first-order valence-electron chi connectivity index (χ1n) is 7.63. The zero-order valence-electron chi connectivity index (χ0n) is 13.8. The number of rotatable bonds is 8. The highest BCUT2D eigenvalue weighted by Crippen LogP contribution is 2.17. The molecule has 0 aliphatic heterocycles. The number of nitrogens with one attached hydrogen (secondary N) is 2. The van der Waals surface area contributed by atoms with Gasteiger partial charge < -0.3 is 10.6 Å². The second-order valence-electron chi connectivity index (χ2n) is 5.34. The number of carbonyl (C=O) groups excluding carboxylic acids is 2. The van der Waals surface area contributed by atoms with Gasteiger partial charge in [0.2, 0.25) is 11.8 Å². The van der Waals surface area contributed by atoms with Gasteiger partial charge in [-0.15, -0.1) is 0 Å². The molecule has 0 spiro atoms. The third-order valence-corrected chi connectivity index (χ3v) is 4.24. The summed E-state index contributed by atoms with van der Waals surface area (Å²) in [6.07, 6.45) is 3.02. The smallest absolute Gasteiger partial charge is 0.243 e. The van der Waals surface area contributed by atoms with E-state index in [0.717, 1.165) is 16.9 Å². The highest BCUT2D eigenvalue weighted by Gasteiger charge is 2.22. The molecule has 2 N–H and O–H groups in total. The molecule has 0 heterocycles. The van der Waals surface area contributed by atoms with E-state index in [1.807, 2.05) is 44.4 Å². The van der Waals surface area contributed by atoms with Crippen molar-refractivity contribution in [3.63, 3.8) is 0 Å². The van der Waals surface area contributed by atoms with E-state index in [4.69, 9.17) is 0 Å². The van der Waals surface area contributed by atoms with Gasteiger partial charge in [0.05, 0.1) is 6.04 Å². The van der Waals surface area contributed by atoms with Gasteiger partial charge in [-0.3, -0.25) is 9.59 Å². The molecule has 0 unspecified atom stereocenters. The molecule has 4 nitrogen and oxygen atoms in total. The van der Waals surface area contributed by atoms with Crippen LogP contribution in [0.3, 0.4) is 0 Å².